The maximum absolute atomic E-state index is 12.7. The first-order valence-corrected chi connectivity index (χ1v) is 21.6. The molecule has 15 heteroatoms. The molecule has 7 saturated heterocycles. The minimum atomic E-state index is -0.541. The average molecular weight is 776 g/mol. The van der Waals surface area contributed by atoms with Crippen LogP contribution in [0.4, 0.5) is 10.5 Å². The van der Waals surface area contributed by atoms with Crippen LogP contribution in [0.2, 0.25) is 0 Å². The highest BCUT2D eigenvalue weighted by Crippen LogP contribution is 2.33. The molecular formula is C41H65N11O4. The van der Waals surface area contributed by atoms with E-state index in [2.05, 4.69) is 65.5 Å². The molecule has 7 fully saturated rings. The zero-order valence-corrected chi connectivity index (χ0v) is 33.3. The van der Waals surface area contributed by atoms with Gasteiger partial charge in [0.25, 0.3) is 0 Å². The van der Waals surface area contributed by atoms with Crippen molar-refractivity contribution in [3.63, 3.8) is 0 Å². The molecule has 7 aliphatic heterocycles. The standard InChI is InChI=1S/C41H65N11O4/c1-48-21-22-52(41(48)56)32-3-2-16-51(26-32)35-24-44-37(38(42)54)39(46-35)45-31-7-4-28(5-8-31)29-14-17-49(18-15-29)25-27-12-19-50(20-13-27)34-10-6-30(23-43-34)33-9-11-36(53)47-40(33)55/h4-5,7-8,27,29-30,32-35,37,39,43-46H,2-3,6,9-26H2,1H3,(H2,42,54)(H,47,53,55)/t30?,32-,33+,34?,35?,37?,39?/m1/s1. The number of hydrogen-bond donors (Lipinski definition) is 6. The zero-order valence-electron chi connectivity index (χ0n) is 33.3. The molecule has 5 amide bonds. The van der Waals surface area contributed by atoms with E-state index in [1.165, 1.54) is 37.8 Å². The summed E-state index contributed by atoms with van der Waals surface area (Å²) in [6.07, 6.45) is 10.2. The number of imide groups is 1. The van der Waals surface area contributed by atoms with Crippen LogP contribution in [0, 0.1) is 17.8 Å². The monoisotopic (exact) mass is 776 g/mol. The minimum absolute atomic E-state index is 0.0221. The molecule has 0 aliphatic carbocycles. The van der Waals surface area contributed by atoms with Crippen LogP contribution in [0.5, 0.6) is 0 Å². The largest absolute Gasteiger partial charge is 0.368 e. The Balaban J connectivity index is 0.760. The van der Waals surface area contributed by atoms with Crippen molar-refractivity contribution < 1.29 is 19.2 Å². The van der Waals surface area contributed by atoms with Crippen LogP contribution in [0.1, 0.15) is 75.7 Å². The van der Waals surface area contributed by atoms with E-state index in [9.17, 15) is 19.2 Å². The van der Waals surface area contributed by atoms with Crippen molar-refractivity contribution >= 4 is 29.4 Å². The fraction of sp³-hybridized carbons (Fsp3) is 0.756. The molecule has 0 aromatic heterocycles. The number of carbonyl (C=O) groups is 4. The number of nitrogens with one attached hydrogen (secondary N) is 5. The molecule has 7 atom stereocenters. The summed E-state index contributed by atoms with van der Waals surface area (Å²) in [5.41, 5.74) is 8.20. The molecule has 1 aromatic carbocycles. The third-order valence-corrected chi connectivity index (χ3v) is 14.3. The number of amides is 5. The molecule has 5 unspecified atom stereocenters. The lowest BCUT2D eigenvalue weighted by molar-refractivity contribution is -0.138. The lowest BCUT2D eigenvalue weighted by Gasteiger charge is -2.46. The molecule has 0 saturated carbocycles. The summed E-state index contributed by atoms with van der Waals surface area (Å²) in [5.74, 6) is 1.01. The van der Waals surface area contributed by atoms with Gasteiger partial charge >= 0.3 is 6.03 Å². The van der Waals surface area contributed by atoms with Crippen molar-refractivity contribution in [2.45, 2.75) is 101 Å². The number of rotatable bonds is 10. The molecule has 8 rings (SSSR count). The topological polar surface area (TPSA) is 171 Å². The fourth-order valence-corrected chi connectivity index (χ4v) is 10.8. The van der Waals surface area contributed by atoms with Crippen molar-refractivity contribution in [1.82, 2.24) is 45.8 Å². The van der Waals surface area contributed by atoms with E-state index in [0.29, 0.717) is 37.4 Å². The molecule has 7 aliphatic rings. The van der Waals surface area contributed by atoms with Gasteiger partial charge in [0.15, 0.2) is 0 Å². The molecule has 7 N–H and O–H groups in total. The first-order valence-electron chi connectivity index (χ1n) is 21.6. The Hall–Kier alpha value is -3.34. The maximum atomic E-state index is 12.7. The van der Waals surface area contributed by atoms with Crippen LogP contribution in [0.3, 0.4) is 0 Å². The first kappa shape index (κ1) is 39.5. The van der Waals surface area contributed by atoms with Crippen LogP contribution >= 0.6 is 0 Å². The number of nitrogens with zero attached hydrogens (tertiary/aromatic N) is 5. The van der Waals surface area contributed by atoms with Gasteiger partial charge < -0.3 is 36.4 Å². The first-order chi connectivity index (χ1) is 27.2. The van der Waals surface area contributed by atoms with Gasteiger partial charge in [0.05, 0.1) is 12.3 Å². The van der Waals surface area contributed by atoms with Crippen molar-refractivity contribution in [2.24, 2.45) is 23.5 Å². The predicted molar refractivity (Wildman–Crippen MR) is 214 cm³/mol. The lowest BCUT2D eigenvalue weighted by Crippen LogP contribution is -2.71. The van der Waals surface area contributed by atoms with Gasteiger partial charge in [-0.3, -0.25) is 34.8 Å². The molecule has 7 heterocycles. The number of urea groups is 1. The smallest absolute Gasteiger partial charge is 0.320 e. The normalized spacial score (nSPS) is 33.8. The van der Waals surface area contributed by atoms with Gasteiger partial charge in [-0.2, -0.15) is 0 Å². The van der Waals surface area contributed by atoms with Crippen LogP contribution in [0.25, 0.3) is 0 Å². The van der Waals surface area contributed by atoms with Crippen molar-refractivity contribution in [3.8, 4) is 0 Å². The number of carbonyl (C=O) groups excluding carboxylic acids is 4. The van der Waals surface area contributed by atoms with Crippen molar-refractivity contribution in [1.29, 1.82) is 0 Å². The van der Waals surface area contributed by atoms with E-state index in [4.69, 9.17) is 5.73 Å². The Morgan fingerprint density at radius 1 is 0.821 bits per heavy atom. The third-order valence-electron chi connectivity index (χ3n) is 14.3. The second-order valence-electron chi connectivity index (χ2n) is 17.8. The van der Waals surface area contributed by atoms with Gasteiger partial charge in [-0.1, -0.05) is 12.1 Å². The fourth-order valence-electron chi connectivity index (χ4n) is 10.8. The van der Waals surface area contributed by atoms with Gasteiger partial charge in [-0.15, -0.1) is 0 Å². The Morgan fingerprint density at radius 3 is 2.29 bits per heavy atom. The van der Waals surface area contributed by atoms with Gasteiger partial charge in [0, 0.05) is 70.4 Å². The quantitative estimate of drug-likeness (QED) is 0.187. The van der Waals surface area contributed by atoms with E-state index in [-0.39, 0.29) is 48.0 Å². The summed E-state index contributed by atoms with van der Waals surface area (Å²) in [7, 11) is 1.87. The number of piperidine rings is 5. The molecule has 0 bridgehead atoms. The second-order valence-corrected chi connectivity index (χ2v) is 17.8. The molecule has 1 aromatic rings. The third kappa shape index (κ3) is 9.02. The summed E-state index contributed by atoms with van der Waals surface area (Å²) in [5, 5.41) is 17.0. The molecule has 0 spiro atoms. The lowest BCUT2D eigenvalue weighted by atomic mass is 9.80. The van der Waals surface area contributed by atoms with Crippen LogP contribution in [-0.4, -0.2) is 158 Å². The summed E-state index contributed by atoms with van der Waals surface area (Å²) in [4.78, 5) is 60.7. The molecular weight excluding hydrogens is 711 g/mol. The highest BCUT2D eigenvalue weighted by Gasteiger charge is 2.41. The Morgan fingerprint density at radius 2 is 1.61 bits per heavy atom. The van der Waals surface area contributed by atoms with E-state index in [0.717, 1.165) is 96.2 Å². The van der Waals surface area contributed by atoms with Crippen LogP contribution < -0.4 is 32.3 Å². The highest BCUT2D eigenvalue weighted by atomic mass is 16.2. The number of primary amides is 1. The second kappa shape index (κ2) is 17.7. The summed E-state index contributed by atoms with van der Waals surface area (Å²) >= 11 is 0. The summed E-state index contributed by atoms with van der Waals surface area (Å²) in [6.45, 7) is 10.5. The van der Waals surface area contributed by atoms with Crippen LogP contribution in [0.15, 0.2) is 24.3 Å². The average Bonchev–Trinajstić information content (AvgIpc) is 3.56. The number of hydrogen-bond acceptors (Lipinski definition) is 11. The Kier molecular flexibility index (Phi) is 12.4. The number of likely N-dealkylation sites (tertiary alicyclic amines) is 3. The van der Waals surface area contributed by atoms with E-state index in [1.54, 1.807) is 4.90 Å². The number of anilines is 1. The number of likely N-dealkylation sites (N-methyl/N-ethyl adjacent to an activating group) is 1. The molecule has 56 heavy (non-hydrogen) atoms. The Bertz CT molecular complexity index is 1540. The van der Waals surface area contributed by atoms with E-state index in [1.807, 2.05) is 11.9 Å². The van der Waals surface area contributed by atoms with E-state index < -0.39 is 6.04 Å². The Labute approximate surface area is 332 Å². The van der Waals surface area contributed by atoms with Gasteiger partial charge in [-0.25, -0.2) is 4.79 Å². The van der Waals surface area contributed by atoms with Gasteiger partial charge in [-0.05, 0) is 126 Å². The number of benzene rings is 1. The van der Waals surface area contributed by atoms with Crippen molar-refractivity contribution in [3.05, 3.63) is 29.8 Å². The summed E-state index contributed by atoms with van der Waals surface area (Å²) < 4.78 is 0. The van der Waals surface area contributed by atoms with Gasteiger partial charge in [0.2, 0.25) is 17.7 Å². The number of piperazine rings is 1. The molecule has 15 nitrogen and oxygen atoms in total. The summed E-state index contributed by atoms with van der Waals surface area (Å²) in [6, 6.07) is 8.56. The zero-order chi connectivity index (χ0) is 38.8. The van der Waals surface area contributed by atoms with Crippen molar-refractivity contribution in [2.75, 3.05) is 84.4 Å². The van der Waals surface area contributed by atoms with E-state index >= 15 is 0 Å². The molecule has 0 radical (unpaired) electrons. The van der Waals surface area contributed by atoms with Gasteiger partial charge in [0.1, 0.15) is 12.2 Å². The van der Waals surface area contributed by atoms with Crippen LogP contribution in [-0.2, 0) is 14.4 Å². The SMILES string of the molecule is CN1CCN([C@@H]2CCCN(C3CNC(C(N)=O)C(Nc4ccc(C5CCN(CC6CCN(C7CCC([C@@H]8CCC(=O)NC8=O)CN7)CC6)CC5)cc4)N3)C2)C1=O. The predicted octanol–water partition coefficient (Wildman–Crippen LogP) is 0.899. The minimum Gasteiger partial charge on any atom is -0.368 e. The highest BCUT2D eigenvalue weighted by molar-refractivity contribution is 5.98. The molecule has 308 valence electrons. The maximum Gasteiger partial charge on any atom is 0.320 e. The number of nitrogens with two attached hydrogens (primary N) is 1.